The molecule has 4 heteroatoms. The molecule has 1 atom stereocenters. The Bertz CT molecular complexity index is 529. The van der Waals surface area contributed by atoms with Crippen molar-refractivity contribution in [3.05, 3.63) is 36.1 Å². The van der Waals surface area contributed by atoms with E-state index in [-0.39, 0.29) is 11.9 Å². The van der Waals surface area contributed by atoms with Crippen molar-refractivity contribution >= 4 is 16.9 Å². The van der Waals surface area contributed by atoms with Crippen LogP contribution in [0.2, 0.25) is 0 Å². The number of hydrogen-bond acceptors (Lipinski definition) is 3. The van der Waals surface area contributed by atoms with Crippen molar-refractivity contribution in [2.75, 3.05) is 13.1 Å². The van der Waals surface area contributed by atoms with Crippen LogP contribution >= 0.6 is 0 Å². The van der Waals surface area contributed by atoms with Crippen LogP contribution in [0.25, 0.3) is 11.0 Å². The van der Waals surface area contributed by atoms with Crippen LogP contribution in [0.5, 0.6) is 0 Å². The molecule has 0 aliphatic rings. The summed E-state index contributed by atoms with van der Waals surface area (Å²) in [6.07, 6.45) is 0.373. The number of carbonyl (C=O) groups excluding carboxylic acids is 1. The Balaban J connectivity index is 2.25. The molecular formula is C15H20N2O2. The molecule has 0 radical (unpaired) electrons. The first-order chi connectivity index (χ1) is 9.17. The highest BCUT2D eigenvalue weighted by molar-refractivity contribution is 5.79. The molecule has 0 saturated carbocycles. The normalized spacial score (nSPS) is 12.6. The first-order valence-electron chi connectivity index (χ1n) is 6.65. The molecule has 0 fully saturated rings. The molecule has 1 amide bonds. The van der Waals surface area contributed by atoms with Crippen molar-refractivity contribution in [2.45, 2.75) is 26.3 Å². The van der Waals surface area contributed by atoms with E-state index in [1.54, 1.807) is 4.90 Å². The lowest BCUT2D eigenvalue weighted by Gasteiger charge is -2.26. The number of amides is 1. The van der Waals surface area contributed by atoms with Crippen molar-refractivity contribution in [2.24, 2.45) is 5.73 Å². The van der Waals surface area contributed by atoms with Gasteiger partial charge in [0.15, 0.2) is 0 Å². The van der Waals surface area contributed by atoms with Gasteiger partial charge >= 0.3 is 0 Å². The van der Waals surface area contributed by atoms with Gasteiger partial charge in [-0.05, 0) is 26.0 Å². The summed E-state index contributed by atoms with van der Waals surface area (Å²) in [4.78, 5) is 13.8. The molecule has 102 valence electrons. The van der Waals surface area contributed by atoms with Gasteiger partial charge < -0.3 is 15.1 Å². The molecular weight excluding hydrogens is 240 g/mol. The maximum atomic E-state index is 12.0. The fraction of sp³-hybridized carbons (Fsp3) is 0.400. The smallest absolute Gasteiger partial charge is 0.224 e. The van der Waals surface area contributed by atoms with Gasteiger partial charge in [0.2, 0.25) is 5.91 Å². The van der Waals surface area contributed by atoms with Gasteiger partial charge in [-0.1, -0.05) is 18.2 Å². The van der Waals surface area contributed by atoms with E-state index in [0.717, 1.165) is 16.7 Å². The minimum absolute atomic E-state index is 0.0676. The molecule has 0 aliphatic heterocycles. The quantitative estimate of drug-likeness (QED) is 0.899. The van der Waals surface area contributed by atoms with Crippen molar-refractivity contribution in [3.8, 4) is 0 Å². The number of benzene rings is 1. The Morgan fingerprint density at radius 1 is 1.42 bits per heavy atom. The Morgan fingerprint density at radius 2 is 2.16 bits per heavy atom. The fourth-order valence-corrected chi connectivity index (χ4v) is 2.30. The molecule has 1 aromatic carbocycles. The van der Waals surface area contributed by atoms with Gasteiger partial charge in [-0.15, -0.1) is 0 Å². The average molecular weight is 260 g/mol. The minimum atomic E-state index is -0.0727. The summed E-state index contributed by atoms with van der Waals surface area (Å²) in [6, 6.07) is 9.78. The first-order valence-corrected chi connectivity index (χ1v) is 6.65. The fourth-order valence-electron chi connectivity index (χ4n) is 2.30. The summed E-state index contributed by atoms with van der Waals surface area (Å²) in [5.41, 5.74) is 6.30. The van der Waals surface area contributed by atoms with Crippen LogP contribution in [0, 0.1) is 0 Å². The molecule has 2 rings (SSSR count). The molecule has 1 aromatic heterocycles. The van der Waals surface area contributed by atoms with Crippen molar-refractivity contribution in [3.63, 3.8) is 0 Å². The van der Waals surface area contributed by atoms with Gasteiger partial charge in [0.25, 0.3) is 0 Å². The zero-order chi connectivity index (χ0) is 13.8. The molecule has 19 heavy (non-hydrogen) atoms. The van der Waals surface area contributed by atoms with Gasteiger partial charge in [-0.3, -0.25) is 4.79 Å². The highest BCUT2D eigenvalue weighted by Crippen LogP contribution is 2.27. The average Bonchev–Trinajstić information content (AvgIpc) is 2.83. The van der Waals surface area contributed by atoms with Crippen LogP contribution in [0.1, 0.15) is 32.1 Å². The number of hydrogen-bond donors (Lipinski definition) is 1. The summed E-state index contributed by atoms with van der Waals surface area (Å²) < 4.78 is 5.82. The summed E-state index contributed by atoms with van der Waals surface area (Å²) >= 11 is 0. The molecule has 2 aromatic rings. The van der Waals surface area contributed by atoms with Crippen LogP contribution in [0.3, 0.4) is 0 Å². The number of fused-ring (bicyclic) bond motifs is 1. The summed E-state index contributed by atoms with van der Waals surface area (Å²) in [7, 11) is 0. The molecule has 0 aliphatic carbocycles. The predicted octanol–water partition coefficient (Wildman–Crippen LogP) is 2.69. The first kappa shape index (κ1) is 13.6. The molecule has 4 nitrogen and oxygen atoms in total. The monoisotopic (exact) mass is 260 g/mol. The van der Waals surface area contributed by atoms with Gasteiger partial charge in [-0.2, -0.15) is 0 Å². The predicted molar refractivity (Wildman–Crippen MR) is 75.7 cm³/mol. The lowest BCUT2D eigenvalue weighted by Crippen LogP contribution is -2.34. The second kappa shape index (κ2) is 5.89. The summed E-state index contributed by atoms with van der Waals surface area (Å²) in [5, 5.41) is 1.06. The Morgan fingerprint density at radius 3 is 2.79 bits per heavy atom. The number of nitrogens with zero attached hydrogens (tertiary/aromatic N) is 1. The summed E-state index contributed by atoms with van der Waals surface area (Å²) in [6.45, 7) is 4.97. The topological polar surface area (TPSA) is 59.5 Å². The molecule has 1 unspecified atom stereocenters. The number of nitrogens with two attached hydrogens (primary N) is 1. The molecule has 2 N–H and O–H groups in total. The zero-order valence-electron chi connectivity index (χ0n) is 11.4. The van der Waals surface area contributed by atoms with E-state index in [1.807, 2.05) is 44.2 Å². The molecule has 1 heterocycles. The Labute approximate surface area is 113 Å². The van der Waals surface area contributed by atoms with E-state index in [2.05, 4.69) is 0 Å². The van der Waals surface area contributed by atoms with E-state index < -0.39 is 0 Å². The zero-order valence-corrected chi connectivity index (χ0v) is 11.4. The number of carbonyl (C=O) groups is 1. The van der Waals surface area contributed by atoms with Crippen LogP contribution in [0.15, 0.2) is 34.7 Å². The Kier molecular flexibility index (Phi) is 4.22. The Hall–Kier alpha value is -1.81. The van der Waals surface area contributed by atoms with Gasteiger partial charge in [-0.25, -0.2) is 0 Å². The molecule has 0 spiro atoms. The lowest BCUT2D eigenvalue weighted by atomic mass is 10.2. The van der Waals surface area contributed by atoms with Crippen molar-refractivity contribution in [1.29, 1.82) is 0 Å². The third-order valence-electron chi connectivity index (χ3n) is 3.34. The SMILES string of the molecule is CCN(C(=O)CCN)C(C)c1cc2ccccc2o1. The standard InChI is InChI=1S/C15H20N2O2/c1-3-17(15(18)8-9-16)11(2)14-10-12-6-4-5-7-13(12)19-14/h4-7,10-11H,3,8-9,16H2,1-2H3. The van der Waals surface area contributed by atoms with Crippen LogP contribution < -0.4 is 5.73 Å². The maximum absolute atomic E-state index is 12.0. The lowest BCUT2D eigenvalue weighted by molar-refractivity contribution is -0.133. The third kappa shape index (κ3) is 2.79. The highest BCUT2D eigenvalue weighted by atomic mass is 16.3. The van der Waals surface area contributed by atoms with Gasteiger partial charge in [0.1, 0.15) is 11.3 Å². The van der Waals surface area contributed by atoms with E-state index >= 15 is 0 Å². The van der Waals surface area contributed by atoms with E-state index in [4.69, 9.17) is 10.2 Å². The van der Waals surface area contributed by atoms with E-state index in [0.29, 0.717) is 19.5 Å². The van der Waals surface area contributed by atoms with Crippen LogP contribution in [-0.4, -0.2) is 23.9 Å². The summed E-state index contributed by atoms with van der Waals surface area (Å²) in [5.74, 6) is 0.881. The van der Waals surface area contributed by atoms with Gasteiger partial charge in [0, 0.05) is 24.9 Å². The maximum Gasteiger partial charge on any atom is 0.224 e. The highest BCUT2D eigenvalue weighted by Gasteiger charge is 2.22. The second-order valence-corrected chi connectivity index (χ2v) is 4.58. The number of rotatable bonds is 5. The van der Waals surface area contributed by atoms with Crippen LogP contribution in [0.4, 0.5) is 0 Å². The van der Waals surface area contributed by atoms with Crippen molar-refractivity contribution < 1.29 is 9.21 Å². The van der Waals surface area contributed by atoms with E-state index in [1.165, 1.54) is 0 Å². The third-order valence-corrected chi connectivity index (χ3v) is 3.34. The number of para-hydroxylation sites is 1. The largest absolute Gasteiger partial charge is 0.459 e. The second-order valence-electron chi connectivity index (χ2n) is 4.58. The van der Waals surface area contributed by atoms with Gasteiger partial charge in [0.05, 0.1) is 6.04 Å². The molecule has 0 saturated heterocycles. The van der Waals surface area contributed by atoms with Crippen molar-refractivity contribution in [1.82, 2.24) is 4.90 Å². The van der Waals surface area contributed by atoms with E-state index in [9.17, 15) is 4.79 Å². The number of furan rings is 1. The minimum Gasteiger partial charge on any atom is -0.459 e. The molecule has 0 bridgehead atoms. The van der Waals surface area contributed by atoms with Crippen LogP contribution in [-0.2, 0) is 4.79 Å².